The van der Waals surface area contributed by atoms with Gasteiger partial charge in [-0.2, -0.15) is 0 Å². The lowest BCUT2D eigenvalue weighted by Crippen LogP contribution is -2.01. The number of rotatable bonds is 2. The molecule has 2 heterocycles. The molecular weight excluding hydrogens is 311 g/mol. The van der Waals surface area contributed by atoms with E-state index >= 15 is 0 Å². The summed E-state index contributed by atoms with van der Waals surface area (Å²) < 4.78 is 13.5. The monoisotopic (exact) mass is 318 g/mol. The molecule has 3 rings (SSSR count). The number of benzene rings is 1. The Bertz CT molecular complexity index is 782. The lowest BCUT2D eigenvalue weighted by molar-refractivity contribution is 0.103. The minimum atomic E-state index is -0.385. The van der Waals surface area contributed by atoms with Crippen LogP contribution in [0.5, 0.6) is 0 Å². The maximum absolute atomic E-state index is 13.0. The highest BCUT2D eigenvalue weighted by Crippen LogP contribution is 2.24. The zero-order valence-electron chi connectivity index (χ0n) is 9.65. The predicted molar refractivity (Wildman–Crippen MR) is 73.6 cm³/mol. The standard InChI is InChI=1S/C14H8BrFN2O/c15-12-6-8(16)3-4-10(12)13(19)11-7-18-14-9(11)2-1-5-17-14/h1-7H,(H,17,18). The van der Waals surface area contributed by atoms with Gasteiger partial charge in [-0.3, -0.25) is 4.79 Å². The maximum atomic E-state index is 13.0. The molecule has 5 heteroatoms. The molecule has 0 aliphatic rings. The molecule has 0 fully saturated rings. The number of nitrogens with one attached hydrogen (secondary N) is 1. The number of hydrogen-bond donors (Lipinski definition) is 1. The number of hydrogen-bond acceptors (Lipinski definition) is 2. The number of fused-ring (bicyclic) bond motifs is 1. The van der Waals surface area contributed by atoms with Crippen molar-refractivity contribution in [2.45, 2.75) is 0 Å². The van der Waals surface area contributed by atoms with Gasteiger partial charge in [0.05, 0.1) is 0 Å². The van der Waals surface area contributed by atoms with Crippen LogP contribution in [-0.2, 0) is 0 Å². The zero-order valence-corrected chi connectivity index (χ0v) is 11.2. The third-order valence-corrected chi connectivity index (χ3v) is 3.53. The Kier molecular flexibility index (Phi) is 2.91. The SMILES string of the molecule is O=C(c1ccc(F)cc1Br)c1c[nH]c2ncccc12. The second kappa shape index (κ2) is 4.59. The fourth-order valence-corrected chi connectivity index (χ4v) is 2.49. The molecule has 94 valence electrons. The molecule has 0 saturated carbocycles. The molecule has 1 aromatic carbocycles. The van der Waals surface area contributed by atoms with Gasteiger partial charge in [0.2, 0.25) is 0 Å². The van der Waals surface area contributed by atoms with Gasteiger partial charge >= 0.3 is 0 Å². The number of nitrogens with zero attached hydrogens (tertiary/aromatic N) is 1. The zero-order chi connectivity index (χ0) is 13.4. The summed E-state index contributed by atoms with van der Waals surface area (Å²) >= 11 is 3.21. The smallest absolute Gasteiger partial charge is 0.196 e. The molecule has 1 N–H and O–H groups in total. The van der Waals surface area contributed by atoms with E-state index < -0.39 is 0 Å². The number of ketones is 1. The van der Waals surface area contributed by atoms with Crippen LogP contribution in [0.4, 0.5) is 4.39 Å². The van der Waals surface area contributed by atoms with Crippen molar-refractivity contribution in [3.63, 3.8) is 0 Å². The van der Waals surface area contributed by atoms with Crippen molar-refractivity contribution in [1.29, 1.82) is 0 Å². The van der Waals surface area contributed by atoms with E-state index in [1.54, 1.807) is 18.5 Å². The molecule has 0 aliphatic heterocycles. The van der Waals surface area contributed by atoms with E-state index in [9.17, 15) is 9.18 Å². The van der Waals surface area contributed by atoms with Crippen LogP contribution in [0.15, 0.2) is 47.2 Å². The van der Waals surface area contributed by atoms with E-state index in [1.165, 1.54) is 18.2 Å². The molecule has 3 aromatic rings. The van der Waals surface area contributed by atoms with Crippen molar-refractivity contribution < 1.29 is 9.18 Å². The van der Waals surface area contributed by atoms with Gasteiger partial charge in [-0.15, -0.1) is 0 Å². The van der Waals surface area contributed by atoms with Gasteiger partial charge in [-0.1, -0.05) is 0 Å². The van der Waals surface area contributed by atoms with Gasteiger partial charge in [0, 0.05) is 33.4 Å². The lowest BCUT2D eigenvalue weighted by Gasteiger charge is -2.02. The number of H-pyrrole nitrogens is 1. The van der Waals surface area contributed by atoms with Gasteiger partial charge in [0.1, 0.15) is 11.5 Å². The first-order valence-electron chi connectivity index (χ1n) is 5.58. The molecule has 3 nitrogen and oxygen atoms in total. The Morgan fingerprint density at radius 3 is 2.89 bits per heavy atom. The minimum Gasteiger partial charge on any atom is -0.345 e. The molecule has 2 aromatic heterocycles. The van der Waals surface area contributed by atoms with E-state index in [-0.39, 0.29) is 11.6 Å². The number of aromatic amines is 1. The molecule has 0 atom stereocenters. The van der Waals surface area contributed by atoms with Gasteiger partial charge in [0.15, 0.2) is 5.78 Å². The average Bonchev–Trinajstić information content (AvgIpc) is 2.82. The second-order valence-corrected chi connectivity index (χ2v) is 4.91. The Labute approximate surface area is 116 Å². The normalized spacial score (nSPS) is 10.8. The van der Waals surface area contributed by atoms with Gasteiger partial charge in [-0.05, 0) is 46.3 Å². The van der Waals surface area contributed by atoms with E-state index in [2.05, 4.69) is 25.9 Å². The first-order valence-corrected chi connectivity index (χ1v) is 6.38. The van der Waals surface area contributed by atoms with Gasteiger partial charge in [0.25, 0.3) is 0 Å². The lowest BCUT2D eigenvalue weighted by atomic mass is 10.0. The van der Waals surface area contributed by atoms with Gasteiger partial charge < -0.3 is 4.98 Å². The topological polar surface area (TPSA) is 45.8 Å². The number of pyridine rings is 1. The largest absolute Gasteiger partial charge is 0.345 e. The van der Waals surface area contributed by atoms with E-state index in [0.29, 0.717) is 21.2 Å². The highest BCUT2D eigenvalue weighted by molar-refractivity contribution is 9.10. The van der Waals surface area contributed by atoms with Crippen LogP contribution in [0, 0.1) is 5.82 Å². The van der Waals surface area contributed by atoms with E-state index in [1.807, 2.05) is 6.07 Å². The van der Waals surface area contributed by atoms with Crippen molar-refractivity contribution >= 4 is 32.7 Å². The van der Waals surface area contributed by atoms with Crippen LogP contribution in [0.25, 0.3) is 11.0 Å². The molecule has 0 unspecified atom stereocenters. The molecule has 0 radical (unpaired) electrons. The molecule has 0 bridgehead atoms. The molecular formula is C14H8BrFN2O. The van der Waals surface area contributed by atoms with Crippen LogP contribution < -0.4 is 0 Å². The number of halogens is 2. The average molecular weight is 319 g/mol. The fraction of sp³-hybridized carbons (Fsp3) is 0. The summed E-state index contributed by atoms with van der Waals surface area (Å²) in [6.07, 6.45) is 3.27. The minimum absolute atomic E-state index is 0.175. The quantitative estimate of drug-likeness (QED) is 0.732. The Hall–Kier alpha value is -2.01. The first-order chi connectivity index (χ1) is 9.16. The molecule has 19 heavy (non-hydrogen) atoms. The van der Waals surface area contributed by atoms with Crippen molar-refractivity contribution in [3.05, 3.63) is 64.1 Å². The highest BCUT2D eigenvalue weighted by atomic mass is 79.9. The molecule has 0 saturated heterocycles. The molecule has 0 aliphatic carbocycles. The van der Waals surface area contributed by atoms with Crippen molar-refractivity contribution in [3.8, 4) is 0 Å². The third kappa shape index (κ3) is 2.06. The maximum Gasteiger partial charge on any atom is 0.196 e. The number of aromatic nitrogens is 2. The third-order valence-electron chi connectivity index (χ3n) is 2.87. The highest BCUT2D eigenvalue weighted by Gasteiger charge is 2.17. The summed E-state index contributed by atoms with van der Waals surface area (Å²) in [5.41, 5.74) is 1.60. The van der Waals surface area contributed by atoms with Crippen molar-refractivity contribution in [1.82, 2.24) is 9.97 Å². The Balaban J connectivity index is 2.13. The summed E-state index contributed by atoms with van der Waals surface area (Å²) in [4.78, 5) is 19.5. The van der Waals surface area contributed by atoms with Crippen LogP contribution >= 0.6 is 15.9 Å². The predicted octanol–water partition coefficient (Wildman–Crippen LogP) is 3.70. The van der Waals surface area contributed by atoms with Gasteiger partial charge in [-0.25, -0.2) is 9.37 Å². The summed E-state index contributed by atoms with van der Waals surface area (Å²) in [6.45, 7) is 0. The first kappa shape index (κ1) is 12.0. The summed E-state index contributed by atoms with van der Waals surface area (Å²) in [5.74, 6) is -0.560. The molecule has 0 spiro atoms. The Morgan fingerprint density at radius 2 is 2.11 bits per heavy atom. The number of carbonyl (C=O) groups is 1. The van der Waals surface area contributed by atoms with Crippen LogP contribution in [0.1, 0.15) is 15.9 Å². The van der Waals surface area contributed by atoms with Crippen molar-refractivity contribution in [2.75, 3.05) is 0 Å². The van der Waals surface area contributed by atoms with Crippen LogP contribution in [0.3, 0.4) is 0 Å². The van der Waals surface area contributed by atoms with E-state index in [0.717, 1.165) is 5.39 Å². The van der Waals surface area contributed by atoms with Crippen LogP contribution in [0.2, 0.25) is 0 Å². The Morgan fingerprint density at radius 1 is 1.26 bits per heavy atom. The summed E-state index contributed by atoms with van der Waals surface area (Å²) in [6, 6.07) is 7.61. The van der Waals surface area contributed by atoms with Crippen molar-refractivity contribution in [2.24, 2.45) is 0 Å². The van der Waals surface area contributed by atoms with E-state index in [4.69, 9.17) is 0 Å². The fourth-order valence-electron chi connectivity index (χ4n) is 1.96. The van der Waals surface area contributed by atoms with Crippen LogP contribution in [-0.4, -0.2) is 15.8 Å². The number of carbonyl (C=O) groups excluding carboxylic acids is 1. The summed E-state index contributed by atoms with van der Waals surface area (Å²) in [5, 5.41) is 0.753. The second-order valence-electron chi connectivity index (χ2n) is 4.06. The molecule has 0 amide bonds. The summed E-state index contributed by atoms with van der Waals surface area (Å²) in [7, 11) is 0.